The van der Waals surface area contributed by atoms with Gasteiger partial charge in [0, 0.05) is 11.8 Å². The van der Waals surface area contributed by atoms with Crippen molar-refractivity contribution >= 4 is 11.8 Å². The third-order valence-corrected chi connectivity index (χ3v) is 2.60. The van der Waals surface area contributed by atoms with E-state index >= 15 is 0 Å². The number of nitrogen functional groups attached to an aromatic ring is 1. The summed E-state index contributed by atoms with van der Waals surface area (Å²) in [5.74, 6) is 1.13. The Hall–Kier alpha value is -2.11. The van der Waals surface area contributed by atoms with Crippen LogP contribution in [-0.2, 0) is 0 Å². The lowest BCUT2D eigenvalue weighted by atomic mass is 10.2. The van der Waals surface area contributed by atoms with Crippen LogP contribution in [0.1, 0.15) is 0 Å². The van der Waals surface area contributed by atoms with Crippen LogP contribution in [-0.4, -0.2) is 42.4 Å². The molecule has 6 nitrogen and oxygen atoms in total. The highest BCUT2D eigenvalue weighted by atomic mass is 16.5. The maximum absolute atomic E-state index is 10.6. The van der Waals surface area contributed by atoms with E-state index in [0.29, 0.717) is 30.3 Å². The second-order valence-corrected chi connectivity index (χ2v) is 3.84. The summed E-state index contributed by atoms with van der Waals surface area (Å²) in [6, 6.07) is 5.11. The molecule has 0 unspecified atom stereocenters. The lowest BCUT2D eigenvalue weighted by Gasteiger charge is -2.36. The van der Waals surface area contributed by atoms with Crippen LogP contribution in [0.5, 0.6) is 11.5 Å². The van der Waals surface area contributed by atoms with Crippen LogP contribution in [0.15, 0.2) is 18.2 Å². The molecule has 0 saturated carbocycles. The summed E-state index contributed by atoms with van der Waals surface area (Å²) in [5.41, 5.74) is 6.23. The first-order valence-electron chi connectivity index (χ1n) is 5.18. The first-order valence-corrected chi connectivity index (χ1v) is 5.18. The van der Waals surface area contributed by atoms with Crippen molar-refractivity contribution < 1.29 is 19.4 Å². The smallest absolute Gasteiger partial charge is 0.407 e. The molecule has 92 valence electrons. The number of rotatable bonds is 3. The molecule has 1 fully saturated rings. The Bertz CT molecular complexity index is 429. The van der Waals surface area contributed by atoms with Crippen molar-refractivity contribution in [3.05, 3.63) is 18.2 Å². The molecule has 17 heavy (non-hydrogen) atoms. The normalized spacial score (nSPS) is 15.2. The van der Waals surface area contributed by atoms with Gasteiger partial charge in [-0.05, 0) is 12.1 Å². The predicted octanol–water partition coefficient (Wildman–Crippen LogP) is 1.02. The number of likely N-dealkylation sites (tertiary alicyclic amines) is 1. The Balaban J connectivity index is 2.00. The van der Waals surface area contributed by atoms with E-state index < -0.39 is 6.09 Å². The minimum Gasteiger partial charge on any atom is -0.493 e. The number of benzene rings is 1. The summed E-state index contributed by atoms with van der Waals surface area (Å²) >= 11 is 0. The molecule has 0 aromatic heterocycles. The number of carboxylic acid groups (broad SMARTS) is 1. The molecule has 1 amide bonds. The number of amides is 1. The molecule has 2 rings (SSSR count). The third-order valence-electron chi connectivity index (χ3n) is 2.60. The van der Waals surface area contributed by atoms with Crippen LogP contribution in [0.25, 0.3) is 0 Å². The SMILES string of the molecule is COc1ccc(N)cc1OC1CN(C(=O)O)C1. The van der Waals surface area contributed by atoms with Crippen molar-refractivity contribution in [3.63, 3.8) is 0 Å². The standard InChI is InChI=1S/C11H14N2O4/c1-16-9-3-2-7(12)4-10(9)17-8-5-13(6-8)11(14)15/h2-4,8H,5-6,12H2,1H3,(H,14,15). The Morgan fingerprint density at radius 1 is 1.47 bits per heavy atom. The highest BCUT2D eigenvalue weighted by molar-refractivity contribution is 5.66. The number of nitrogens with zero attached hydrogens (tertiary/aromatic N) is 1. The summed E-state index contributed by atoms with van der Waals surface area (Å²) in [4.78, 5) is 11.9. The average Bonchev–Trinajstić information content (AvgIpc) is 2.22. The predicted molar refractivity (Wildman–Crippen MR) is 61.4 cm³/mol. The fourth-order valence-electron chi connectivity index (χ4n) is 1.63. The van der Waals surface area contributed by atoms with Gasteiger partial charge in [0.1, 0.15) is 6.10 Å². The van der Waals surface area contributed by atoms with Gasteiger partial charge < -0.3 is 25.2 Å². The number of carbonyl (C=O) groups is 1. The van der Waals surface area contributed by atoms with Gasteiger partial charge in [0.05, 0.1) is 20.2 Å². The zero-order chi connectivity index (χ0) is 12.4. The van der Waals surface area contributed by atoms with E-state index in [2.05, 4.69) is 0 Å². The number of nitrogens with two attached hydrogens (primary N) is 1. The minimum absolute atomic E-state index is 0.137. The van der Waals surface area contributed by atoms with Crippen LogP contribution >= 0.6 is 0 Å². The van der Waals surface area contributed by atoms with Gasteiger partial charge in [0.2, 0.25) is 0 Å². The number of hydrogen-bond acceptors (Lipinski definition) is 4. The maximum atomic E-state index is 10.6. The molecule has 0 atom stereocenters. The van der Waals surface area contributed by atoms with Crippen molar-refractivity contribution in [3.8, 4) is 11.5 Å². The van der Waals surface area contributed by atoms with E-state index in [1.165, 1.54) is 4.90 Å². The summed E-state index contributed by atoms with van der Waals surface area (Å²) in [6.45, 7) is 0.737. The Morgan fingerprint density at radius 3 is 2.76 bits per heavy atom. The van der Waals surface area contributed by atoms with E-state index in [9.17, 15) is 4.79 Å². The summed E-state index contributed by atoms with van der Waals surface area (Å²) in [6.07, 6.45) is -1.06. The fourth-order valence-corrected chi connectivity index (χ4v) is 1.63. The molecule has 0 radical (unpaired) electrons. The highest BCUT2D eigenvalue weighted by Crippen LogP contribution is 2.31. The first-order chi connectivity index (χ1) is 8.10. The van der Waals surface area contributed by atoms with E-state index in [1.807, 2.05) is 0 Å². The number of hydrogen-bond donors (Lipinski definition) is 2. The third kappa shape index (κ3) is 2.35. The maximum Gasteiger partial charge on any atom is 0.407 e. The van der Waals surface area contributed by atoms with Gasteiger partial charge in [-0.25, -0.2) is 4.79 Å². The second kappa shape index (κ2) is 4.40. The monoisotopic (exact) mass is 238 g/mol. The number of ether oxygens (including phenoxy) is 2. The lowest BCUT2D eigenvalue weighted by Crippen LogP contribution is -2.55. The first kappa shape index (κ1) is 11.4. The molecular weight excluding hydrogens is 224 g/mol. The Morgan fingerprint density at radius 2 is 2.18 bits per heavy atom. The van der Waals surface area contributed by atoms with E-state index in [0.717, 1.165) is 0 Å². The van der Waals surface area contributed by atoms with E-state index in [4.69, 9.17) is 20.3 Å². The zero-order valence-corrected chi connectivity index (χ0v) is 9.42. The molecule has 1 heterocycles. The average molecular weight is 238 g/mol. The van der Waals surface area contributed by atoms with Crippen molar-refractivity contribution in [1.29, 1.82) is 0 Å². The molecule has 1 aromatic carbocycles. The molecule has 3 N–H and O–H groups in total. The zero-order valence-electron chi connectivity index (χ0n) is 9.42. The largest absolute Gasteiger partial charge is 0.493 e. The molecule has 6 heteroatoms. The van der Waals surface area contributed by atoms with Crippen LogP contribution in [0.3, 0.4) is 0 Å². The molecule has 0 aliphatic carbocycles. The van der Waals surface area contributed by atoms with Gasteiger partial charge in [-0.1, -0.05) is 0 Å². The van der Waals surface area contributed by atoms with E-state index in [-0.39, 0.29) is 6.10 Å². The van der Waals surface area contributed by atoms with Crippen molar-refractivity contribution in [2.24, 2.45) is 0 Å². The van der Waals surface area contributed by atoms with Crippen molar-refractivity contribution in [1.82, 2.24) is 4.90 Å². The van der Waals surface area contributed by atoms with Crippen molar-refractivity contribution in [2.75, 3.05) is 25.9 Å². The van der Waals surface area contributed by atoms with Gasteiger partial charge >= 0.3 is 6.09 Å². The second-order valence-electron chi connectivity index (χ2n) is 3.84. The van der Waals surface area contributed by atoms with Crippen molar-refractivity contribution in [2.45, 2.75) is 6.10 Å². The lowest BCUT2D eigenvalue weighted by molar-refractivity contribution is 0.0239. The summed E-state index contributed by atoms with van der Waals surface area (Å²) < 4.78 is 10.8. The van der Waals surface area contributed by atoms with Gasteiger partial charge in [-0.2, -0.15) is 0 Å². The molecule has 1 aromatic rings. The molecule has 0 bridgehead atoms. The number of anilines is 1. The van der Waals surface area contributed by atoms with E-state index in [1.54, 1.807) is 25.3 Å². The Labute approximate surface area is 98.5 Å². The van der Waals surface area contributed by atoms with Gasteiger partial charge in [-0.3, -0.25) is 0 Å². The molecular formula is C11H14N2O4. The Kier molecular flexibility index (Phi) is 2.95. The molecule has 0 spiro atoms. The molecule has 1 saturated heterocycles. The quantitative estimate of drug-likeness (QED) is 0.768. The number of methoxy groups -OCH3 is 1. The van der Waals surface area contributed by atoms with Crippen LogP contribution in [0.4, 0.5) is 10.5 Å². The van der Waals surface area contributed by atoms with Crippen LogP contribution < -0.4 is 15.2 Å². The summed E-state index contributed by atoms with van der Waals surface area (Å²) in [7, 11) is 1.54. The van der Waals surface area contributed by atoms with Gasteiger partial charge in [0.15, 0.2) is 11.5 Å². The van der Waals surface area contributed by atoms with Crippen LogP contribution in [0.2, 0.25) is 0 Å². The highest BCUT2D eigenvalue weighted by Gasteiger charge is 2.32. The van der Waals surface area contributed by atoms with Gasteiger partial charge in [0.25, 0.3) is 0 Å². The fraction of sp³-hybridized carbons (Fsp3) is 0.364. The molecule has 1 aliphatic rings. The molecule has 1 aliphatic heterocycles. The van der Waals surface area contributed by atoms with Crippen LogP contribution in [0, 0.1) is 0 Å². The minimum atomic E-state index is -0.926. The summed E-state index contributed by atoms with van der Waals surface area (Å²) in [5, 5.41) is 8.69. The topological polar surface area (TPSA) is 85.0 Å². The van der Waals surface area contributed by atoms with Gasteiger partial charge in [-0.15, -0.1) is 0 Å².